The number of fused-ring (bicyclic) bond motifs is 3. The summed E-state index contributed by atoms with van der Waals surface area (Å²) in [6.07, 6.45) is 0. The third kappa shape index (κ3) is 1.15. The normalized spacial score (nSPS) is 11.3. The molecule has 0 amide bonds. The second-order valence-electron chi connectivity index (χ2n) is 3.26. The van der Waals surface area contributed by atoms with E-state index in [1.54, 1.807) is 0 Å². The van der Waals surface area contributed by atoms with Gasteiger partial charge in [0.15, 0.2) is 5.82 Å². The molecule has 2 N–H and O–H groups in total. The topological polar surface area (TPSA) is 77.6 Å². The van der Waals surface area contributed by atoms with Gasteiger partial charge in [0.1, 0.15) is 15.0 Å². The molecule has 0 fully saturated rings. The molecule has 0 unspecified atom stereocenters. The Morgan fingerprint density at radius 2 is 2.13 bits per heavy atom. The molecule has 0 saturated heterocycles. The average Bonchev–Trinajstić information content (AvgIpc) is 2.57. The fourth-order valence-electron chi connectivity index (χ4n) is 1.49. The summed E-state index contributed by atoms with van der Waals surface area (Å²) in [5, 5.41) is 12.3. The average molecular weight is 217 g/mol. The molecule has 15 heavy (non-hydrogen) atoms. The third-order valence-corrected chi connectivity index (χ3v) is 3.31. The van der Waals surface area contributed by atoms with E-state index in [9.17, 15) is 0 Å². The molecule has 0 bridgehead atoms. The molecule has 3 aromatic heterocycles. The van der Waals surface area contributed by atoms with Gasteiger partial charge in [0, 0.05) is 11.1 Å². The maximum atomic E-state index is 5.73. The van der Waals surface area contributed by atoms with Crippen LogP contribution >= 0.6 is 11.3 Å². The standard InChI is InChI=1S/C9H7N5S/c1-4-2-3-5-6-7(15-9(5)11-4)8(10)13-14-12-6/h2-3H,1H3,(H2,10,12,13). The first-order valence-electron chi connectivity index (χ1n) is 4.40. The van der Waals surface area contributed by atoms with Crippen LogP contribution in [-0.2, 0) is 0 Å². The van der Waals surface area contributed by atoms with Crippen LogP contribution < -0.4 is 5.73 Å². The van der Waals surface area contributed by atoms with E-state index in [-0.39, 0.29) is 0 Å². The van der Waals surface area contributed by atoms with Crippen molar-refractivity contribution in [3.63, 3.8) is 0 Å². The number of aryl methyl sites for hydroxylation is 1. The van der Waals surface area contributed by atoms with Gasteiger partial charge in [-0.3, -0.25) is 0 Å². The van der Waals surface area contributed by atoms with Crippen molar-refractivity contribution in [3.05, 3.63) is 17.8 Å². The van der Waals surface area contributed by atoms with Gasteiger partial charge < -0.3 is 5.73 Å². The van der Waals surface area contributed by atoms with Crippen molar-refractivity contribution in [2.24, 2.45) is 0 Å². The van der Waals surface area contributed by atoms with Crippen molar-refractivity contribution < 1.29 is 0 Å². The van der Waals surface area contributed by atoms with Crippen LogP contribution in [-0.4, -0.2) is 20.4 Å². The van der Waals surface area contributed by atoms with Crippen molar-refractivity contribution in [1.82, 2.24) is 20.4 Å². The highest BCUT2D eigenvalue weighted by molar-refractivity contribution is 7.25. The predicted octanol–water partition coefficient (Wildman–Crippen LogP) is 1.53. The molecule has 3 rings (SSSR count). The van der Waals surface area contributed by atoms with Crippen LogP contribution in [0.3, 0.4) is 0 Å². The van der Waals surface area contributed by atoms with Gasteiger partial charge in [-0.2, -0.15) is 0 Å². The summed E-state index contributed by atoms with van der Waals surface area (Å²) < 4.78 is 0.859. The van der Waals surface area contributed by atoms with E-state index >= 15 is 0 Å². The Balaban J connectivity index is 2.57. The van der Waals surface area contributed by atoms with Crippen molar-refractivity contribution in [2.45, 2.75) is 6.92 Å². The predicted molar refractivity (Wildman–Crippen MR) is 59.7 cm³/mol. The summed E-state index contributed by atoms with van der Waals surface area (Å²) in [6, 6.07) is 3.94. The lowest BCUT2D eigenvalue weighted by Crippen LogP contribution is -1.94. The number of pyridine rings is 1. The van der Waals surface area contributed by atoms with Crippen molar-refractivity contribution in [2.75, 3.05) is 5.73 Å². The first-order chi connectivity index (χ1) is 7.25. The van der Waals surface area contributed by atoms with Gasteiger partial charge >= 0.3 is 0 Å². The minimum absolute atomic E-state index is 0.417. The maximum Gasteiger partial charge on any atom is 0.167 e. The fourth-order valence-corrected chi connectivity index (χ4v) is 2.54. The molecule has 3 aromatic rings. The Kier molecular flexibility index (Phi) is 1.60. The Hall–Kier alpha value is -1.82. The molecule has 0 spiro atoms. The van der Waals surface area contributed by atoms with E-state index in [2.05, 4.69) is 20.4 Å². The van der Waals surface area contributed by atoms with Crippen molar-refractivity contribution >= 4 is 37.6 Å². The van der Waals surface area contributed by atoms with E-state index in [0.29, 0.717) is 5.82 Å². The highest BCUT2D eigenvalue weighted by Gasteiger charge is 2.10. The van der Waals surface area contributed by atoms with Crippen molar-refractivity contribution in [1.29, 1.82) is 0 Å². The number of nitrogens with zero attached hydrogens (tertiary/aromatic N) is 4. The zero-order valence-corrected chi connectivity index (χ0v) is 8.75. The minimum Gasteiger partial charge on any atom is -0.381 e. The number of thiophene rings is 1. The Morgan fingerprint density at radius 3 is 3.00 bits per heavy atom. The fraction of sp³-hybridized carbons (Fsp3) is 0.111. The molecule has 0 radical (unpaired) electrons. The molecule has 0 saturated carbocycles. The molecule has 74 valence electrons. The molecule has 6 heteroatoms. The molecular formula is C9H7N5S. The van der Waals surface area contributed by atoms with Crippen molar-refractivity contribution in [3.8, 4) is 0 Å². The summed E-state index contributed by atoms with van der Waals surface area (Å²) in [4.78, 5) is 5.35. The van der Waals surface area contributed by atoms with Gasteiger partial charge in [0.05, 0.1) is 0 Å². The molecule has 3 heterocycles. The van der Waals surface area contributed by atoms with Gasteiger partial charge in [0.25, 0.3) is 0 Å². The summed E-state index contributed by atoms with van der Waals surface area (Å²) in [7, 11) is 0. The zero-order valence-electron chi connectivity index (χ0n) is 7.93. The number of rotatable bonds is 0. The van der Waals surface area contributed by atoms with E-state index in [1.807, 2.05) is 19.1 Å². The van der Waals surface area contributed by atoms with Gasteiger partial charge in [-0.1, -0.05) is 0 Å². The number of nitrogens with two attached hydrogens (primary N) is 1. The van der Waals surface area contributed by atoms with Crippen LogP contribution in [0, 0.1) is 6.92 Å². The maximum absolute atomic E-state index is 5.73. The largest absolute Gasteiger partial charge is 0.381 e. The Bertz CT molecular complexity index is 660. The first-order valence-corrected chi connectivity index (χ1v) is 5.22. The Morgan fingerprint density at radius 1 is 1.27 bits per heavy atom. The van der Waals surface area contributed by atoms with Gasteiger partial charge in [-0.15, -0.1) is 21.5 Å². The van der Waals surface area contributed by atoms with Crippen LogP contribution in [0.1, 0.15) is 5.69 Å². The lowest BCUT2D eigenvalue weighted by molar-refractivity contribution is 0.907. The second kappa shape index (κ2) is 2.83. The quantitative estimate of drug-likeness (QED) is 0.617. The van der Waals surface area contributed by atoms with E-state index in [4.69, 9.17) is 5.73 Å². The number of anilines is 1. The monoisotopic (exact) mass is 217 g/mol. The number of nitrogen functional groups attached to an aromatic ring is 1. The van der Waals surface area contributed by atoms with Crippen LogP contribution in [0.2, 0.25) is 0 Å². The molecule has 0 atom stereocenters. The van der Waals surface area contributed by atoms with Gasteiger partial charge in [0.2, 0.25) is 0 Å². The SMILES string of the molecule is Cc1ccc2c(n1)sc1c(N)nnnc12. The van der Waals surface area contributed by atoms with E-state index in [0.717, 1.165) is 26.1 Å². The number of hydrogen-bond acceptors (Lipinski definition) is 6. The van der Waals surface area contributed by atoms with Crippen LogP contribution in [0.4, 0.5) is 5.82 Å². The summed E-state index contributed by atoms with van der Waals surface area (Å²) in [5.74, 6) is 0.417. The second-order valence-corrected chi connectivity index (χ2v) is 4.26. The van der Waals surface area contributed by atoms with Crippen LogP contribution in [0.25, 0.3) is 20.4 Å². The zero-order chi connectivity index (χ0) is 10.4. The van der Waals surface area contributed by atoms with E-state index in [1.165, 1.54) is 11.3 Å². The van der Waals surface area contributed by atoms with E-state index < -0.39 is 0 Å². The van der Waals surface area contributed by atoms with Crippen LogP contribution in [0.5, 0.6) is 0 Å². The van der Waals surface area contributed by atoms with Gasteiger partial charge in [-0.25, -0.2) is 4.98 Å². The number of hydrogen-bond donors (Lipinski definition) is 1. The molecular weight excluding hydrogens is 210 g/mol. The smallest absolute Gasteiger partial charge is 0.167 e. The highest BCUT2D eigenvalue weighted by Crippen LogP contribution is 2.32. The minimum atomic E-state index is 0.417. The molecule has 0 aromatic carbocycles. The number of aromatic nitrogens is 4. The molecule has 5 nitrogen and oxygen atoms in total. The highest BCUT2D eigenvalue weighted by atomic mass is 32.1. The molecule has 0 aliphatic rings. The lowest BCUT2D eigenvalue weighted by atomic mass is 10.3. The summed E-state index contributed by atoms with van der Waals surface area (Å²) in [6.45, 7) is 1.96. The summed E-state index contributed by atoms with van der Waals surface area (Å²) in [5.41, 5.74) is 7.49. The molecule has 0 aliphatic carbocycles. The third-order valence-electron chi connectivity index (χ3n) is 2.20. The first kappa shape index (κ1) is 8.49. The van der Waals surface area contributed by atoms with Gasteiger partial charge in [-0.05, 0) is 24.3 Å². The Labute approximate surface area is 89.0 Å². The lowest BCUT2D eigenvalue weighted by Gasteiger charge is -1.91. The summed E-state index contributed by atoms with van der Waals surface area (Å²) >= 11 is 1.50. The van der Waals surface area contributed by atoms with Crippen LogP contribution in [0.15, 0.2) is 12.1 Å². The molecule has 0 aliphatic heterocycles.